The van der Waals surface area contributed by atoms with Gasteiger partial charge in [-0.15, -0.1) is 0 Å². The Labute approximate surface area is 199 Å². The molecule has 1 saturated carbocycles. The first-order valence-electron chi connectivity index (χ1n) is 11.4. The summed E-state index contributed by atoms with van der Waals surface area (Å²) in [5, 5.41) is 10.7. The fourth-order valence-corrected chi connectivity index (χ4v) is 4.34. The number of hydrogen-bond donors (Lipinski definition) is 4. The van der Waals surface area contributed by atoms with E-state index in [2.05, 4.69) is 20.7 Å². The number of fused-ring (bicyclic) bond motifs is 1. The van der Waals surface area contributed by atoms with Gasteiger partial charge in [0.05, 0.1) is 12.8 Å². The van der Waals surface area contributed by atoms with Crippen LogP contribution < -0.4 is 26.8 Å². The monoisotopic (exact) mass is 467 g/mol. The van der Waals surface area contributed by atoms with Crippen molar-refractivity contribution in [3.05, 3.63) is 30.6 Å². The minimum Gasteiger partial charge on any atom is -0.495 e. The molecule has 34 heavy (non-hydrogen) atoms. The summed E-state index contributed by atoms with van der Waals surface area (Å²) in [4.78, 5) is 16.4. The molecule has 3 aromatic rings. The lowest BCUT2D eigenvalue weighted by atomic mass is 10.1. The van der Waals surface area contributed by atoms with Crippen molar-refractivity contribution in [2.45, 2.75) is 51.7 Å². The summed E-state index contributed by atoms with van der Waals surface area (Å²) >= 11 is 0. The highest BCUT2D eigenvalue weighted by Gasteiger charge is 2.23. The van der Waals surface area contributed by atoms with E-state index >= 15 is 0 Å². The molecule has 6 N–H and O–H groups in total. The van der Waals surface area contributed by atoms with Crippen LogP contribution in [0.15, 0.2) is 30.6 Å². The Kier molecular flexibility index (Phi) is 6.52. The molecule has 1 amide bonds. The van der Waals surface area contributed by atoms with Crippen molar-refractivity contribution in [3.63, 3.8) is 0 Å². The van der Waals surface area contributed by atoms with Gasteiger partial charge in [-0.2, -0.15) is 5.10 Å². The molecule has 2 heterocycles. The van der Waals surface area contributed by atoms with Crippen molar-refractivity contribution in [1.29, 1.82) is 0 Å². The van der Waals surface area contributed by atoms with E-state index in [9.17, 15) is 4.79 Å². The number of nitrogens with zero attached hydrogens (tertiary/aromatic N) is 3. The summed E-state index contributed by atoms with van der Waals surface area (Å²) in [5.74, 6) is 2.22. The average molecular weight is 468 g/mol. The number of aromatic nitrogens is 3. The minimum absolute atomic E-state index is 0.282. The van der Waals surface area contributed by atoms with Crippen molar-refractivity contribution in [1.82, 2.24) is 14.6 Å². The summed E-state index contributed by atoms with van der Waals surface area (Å²) in [7, 11) is 1.55. The Morgan fingerprint density at radius 2 is 2.06 bits per heavy atom. The zero-order valence-electron chi connectivity index (χ0n) is 20.1. The smallest absolute Gasteiger partial charge is 0.412 e. The molecular formula is C24H33N7O3. The summed E-state index contributed by atoms with van der Waals surface area (Å²) in [6.45, 7) is 6.24. The number of nitrogen functional groups attached to an aromatic ring is 1. The molecule has 0 spiro atoms. The lowest BCUT2D eigenvalue weighted by Crippen LogP contribution is -2.27. The van der Waals surface area contributed by atoms with E-state index in [-0.39, 0.29) is 6.04 Å². The predicted octanol–water partition coefficient (Wildman–Crippen LogP) is 3.87. The molecule has 182 valence electrons. The fraction of sp³-hybridized carbons (Fsp3) is 0.458. The molecule has 2 aromatic heterocycles. The van der Waals surface area contributed by atoms with Gasteiger partial charge in [-0.3, -0.25) is 5.32 Å². The highest BCUT2D eigenvalue weighted by molar-refractivity contribution is 5.93. The standard InChI is InChI=1S/C24H33N7O3/c1-24(2,3)34-23(32)30-18-8-6-15(10-19(18)33-4)17-11-20(27-12-14-5-7-16(25)9-14)31-21(17)22(26)28-13-29-31/h6,8,10-11,13-14,16,27H,5,7,9,12,25H2,1-4H3,(H,30,32)(H2,26,28,29)/t14-,16+/m0/s1. The van der Waals surface area contributed by atoms with E-state index in [4.69, 9.17) is 20.9 Å². The molecule has 10 nitrogen and oxygen atoms in total. The maximum absolute atomic E-state index is 12.2. The van der Waals surface area contributed by atoms with E-state index in [1.165, 1.54) is 6.33 Å². The SMILES string of the molecule is COc1cc(-c2cc(NC[C@H]3CC[C@@H](N)C3)n3ncnc(N)c23)ccc1NC(=O)OC(C)(C)C. The molecule has 1 aromatic carbocycles. The van der Waals surface area contributed by atoms with Gasteiger partial charge < -0.3 is 26.3 Å². The second kappa shape index (κ2) is 9.38. The summed E-state index contributed by atoms with van der Waals surface area (Å²) in [6.07, 6.45) is 4.08. The number of hydrogen-bond acceptors (Lipinski definition) is 8. The van der Waals surface area contributed by atoms with Crippen LogP contribution in [0.5, 0.6) is 5.75 Å². The molecule has 0 saturated heterocycles. The Hall–Kier alpha value is -3.53. The van der Waals surface area contributed by atoms with Gasteiger partial charge in [0.1, 0.15) is 29.0 Å². The number of carbonyl (C=O) groups is 1. The van der Waals surface area contributed by atoms with Crippen molar-refractivity contribution in [2.75, 3.05) is 30.0 Å². The summed E-state index contributed by atoms with van der Waals surface area (Å²) < 4.78 is 12.7. The molecule has 0 aliphatic heterocycles. The topological polar surface area (TPSA) is 142 Å². The average Bonchev–Trinajstić information content (AvgIpc) is 3.35. The van der Waals surface area contributed by atoms with Crippen molar-refractivity contribution in [3.8, 4) is 16.9 Å². The zero-order chi connectivity index (χ0) is 24.5. The predicted molar refractivity (Wildman–Crippen MR) is 133 cm³/mol. The van der Waals surface area contributed by atoms with E-state index in [0.717, 1.165) is 42.8 Å². The Bertz CT molecular complexity index is 1190. The third-order valence-electron chi connectivity index (χ3n) is 5.88. The van der Waals surface area contributed by atoms with Crippen molar-refractivity contribution in [2.24, 2.45) is 11.7 Å². The van der Waals surface area contributed by atoms with Gasteiger partial charge in [-0.1, -0.05) is 6.07 Å². The van der Waals surface area contributed by atoms with Crippen LogP contribution in [0.2, 0.25) is 0 Å². The largest absolute Gasteiger partial charge is 0.495 e. The highest BCUT2D eigenvalue weighted by Crippen LogP contribution is 2.37. The molecule has 0 unspecified atom stereocenters. The number of methoxy groups -OCH3 is 1. The molecule has 1 aliphatic carbocycles. The minimum atomic E-state index is -0.604. The molecule has 0 bridgehead atoms. The molecular weight excluding hydrogens is 434 g/mol. The lowest BCUT2D eigenvalue weighted by Gasteiger charge is -2.20. The van der Waals surface area contributed by atoms with Crippen LogP contribution in [-0.4, -0.2) is 46.0 Å². The van der Waals surface area contributed by atoms with E-state index < -0.39 is 11.7 Å². The Morgan fingerprint density at radius 1 is 1.26 bits per heavy atom. The first kappa shape index (κ1) is 23.6. The van der Waals surface area contributed by atoms with E-state index in [0.29, 0.717) is 28.7 Å². The Morgan fingerprint density at radius 3 is 2.74 bits per heavy atom. The highest BCUT2D eigenvalue weighted by atomic mass is 16.6. The van der Waals surface area contributed by atoms with Crippen LogP contribution in [0.25, 0.3) is 16.6 Å². The van der Waals surface area contributed by atoms with Gasteiger partial charge in [0.2, 0.25) is 0 Å². The third kappa shape index (κ3) is 5.17. The number of carbonyl (C=O) groups excluding carboxylic acids is 1. The zero-order valence-corrected chi connectivity index (χ0v) is 20.1. The normalized spacial score (nSPS) is 18.1. The van der Waals surface area contributed by atoms with Crippen molar-refractivity contribution < 1.29 is 14.3 Å². The lowest BCUT2D eigenvalue weighted by molar-refractivity contribution is 0.0635. The van der Waals surface area contributed by atoms with Gasteiger partial charge in [0.15, 0.2) is 5.82 Å². The number of rotatable bonds is 6. The van der Waals surface area contributed by atoms with Gasteiger partial charge in [-0.25, -0.2) is 14.3 Å². The van der Waals surface area contributed by atoms with Gasteiger partial charge in [0, 0.05) is 18.2 Å². The van der Waals surface area contributed by atoms with Crippen molar-refractivity contribution >= 4 is 28.9 Å². The maximum Gasteiger partial charge on any atom is 0.412 e. The number of ether oxygens (including phenoxy) is 2. The molecule has 1 fully saturated rings. The molecule has 10 heteroatoms. The van der Waals surface area contributed by atoms with Crippen LogP contribution >= 0.6 is 0 Å². The second-order valence-corrected chi connectivity index (χ2v) is 9.71. The fourth-order valence-electron chi connectivity index (χ4n) is 4.34. The first-order valence-corrected chi connectivity index (χ1v) is 11.4. The van der Waals surface area contributed by atoms with Gasteiger partial charge >= 0.3 is 6.09 Å². The van der Waals surface area contributed by atoms with Gasteiger partial charge in [0.25, 0.3) is 0 Å². The van der Waals surface area contributed by atoms with E-state index in [1.54, 1.807) is 17.7 Å². The van der Waals surface area contributed by atoms with E-state index in [1.807, 2.05) is 39.0 Å². The summed E-state index contributed by atoms with van der Waals surface area (Å²) in [5.41, 5.74) is 14.6. The van der Waals surface area contributed by atoms with Crippen LogP contribution in [-0.2, 0) is 4.74 Å². The molecule has 1 aliphatic rings. The number of benzene rings is 1. The Balaban J connectivity index is 1.64. The van der Waals surface area contributed by atoms with Crippen LogP contribution in [0.1, 0.15) is 40.0 Å². The maximum atomic E-state index is 12.2. The number of anilines is 3. The quantitative estimate of drug-likeness (QED) is 0.428. The number of nitrogens with two attached hydrogens (primary N) is 2. The third-order valence-corrected chi connectivity index (χ3v) is 5.88. The van der Waals surface area contributed by atoms with Crippen LogP contribution in [0, 0.1) is 5.92 Å². The molecule has 4 rings (SSSR count). The van der Waals surface area contributed by atoms with Gasteiger partial charge in [-0.05, 0) is 69.7 Å². The summed E-state index contributed by atoms with van der Waals surface area (Å²) in [6, 6.07) is 7.79. The molecule has 2 atom stereocenters. The number of nitrogens with one attached hydrogen (secondary N) is 2. The van der Waals surface area contributed by atoms with Crippen LogP contribution in [0.3, 0.4) is 0 Å². The second-order valence-electron chi connectivity index (χ2n) is 9.71. The molecule has 0 radical (unpaired) electrons. The number of amides is 1. The first-order chi connectivity index (χ1) is 16.1. The van der Waals surface area contributed by atoms with Crippen LogP contribution in [0.4, 0.5) is 22.1 Å².